The summed E-state index contributed by atoms with van der Waals surface area (Å²) >= 11 is 0. The molecule has 1 fully saturated rings. The molecule has 6 nitrogen and oxygen atoms in total. The van der Waals surface area contributed by atoms with Crippen molar-refractivity contribution in [2.75, 3.05) is 11.9 Å². The molecule has 1 amide bonds. The minimum atomic E-state index is 0.00925. The summed E-state index contributed by atoms with van der Waals surface area (Å²) in [7, 11) is 0. The second kappa shape index (κ2) is 5.71. The van der Waals surface area contributed by atoms with Crippen molar-refractivity contribution in [2.45, 2.75) is 45.7 Å². The summed E-state index contributed by atoms with van der Waals surface area (Å²) in [5.41, 5.74) is 8.25. The number of rotatable bonds is 4. The van der Waals surface area contributed by atoms with E-state index in [4.69, 9.17) is 10.8 Å². The van der Waals surface area contributed by atoms with Gasteiger partial charge in [0.25, 0.3) is 0 Å². The van der Waals surface area contributed by atoms with Crippen molar-refractivity contribution in [1.82, 2.24) is 9.78 Å². The zero-order valence-electron chi connectivity index (χ0n) is 11.5. The second-order valence-corrected chi connectivity index (χ2v) is 5.25. The number of nitrogens with zero attached hydrogens (tertiary/aromatic N) is 2. The van der Waals surface area contributed by atoms with Crippen molar-refractivity contribution in [3.05, 3.63) is 11.4 Å². The Morgan fingerprint density at radius 1 is 1.53 bits per heavy atom. The molecule has 1 aromatic rings. The van der Waals surface area contributed by atoms with Crippen LogP contribution in [0.4, 0.5) is 5.69 Å². The molecule has 0 unspecified atom stereocenters. The van der Waals surface area contributed by atoms with Crippen LogP contribution in [0.25, 0.3) is 0 Å². The predicted molar refractivity (Wildman–Crippen MR) is 72.7 cm³/mol. The minimum Gasteiger partial charge on any atom is -0.394 e. The summed E-state index contributed by atoms with van der Waals surface area (Å²) in [6.45, 7) is 4.23. The van der Waals surface area contributed by atoms with Gasteiger partial charge in [-0.25, -0.2) is 0 Å². The highest BCUT2D eigenvalue weighted by molar-refractivity contribution is 5.93. The van der Waals surface area contributed by atoms with Gasteiger partial charge in [-0.05, 0) is 33.1 Å². The van der Waals surface area contributed by atoms with Crippen molar-refractivity contribution in [3.8, 4) is 0 Å². The Kier molecular flexibility index (Phi) is 4.21. The first-order valence-electron chi connectivity index (χ1n) is 6.74. The molecule has 1 heterocycles. The van der Waals surface area contributed by atoms with Gasteiger partial charge in [-0.3, -0.25) is 9.48 Å². The molecule has 0 saturated heterocycles. The third-order valence-electron chi connectivity index (χ3n) is 3.79. The quantitative estimate of drug-likeness (QED) is 0.742. The molecule has 0 aliphatic heterocycles. The fourth-order valence-corrected chi connectivity index (χ4v) is 2.67. The number of carbonyl (C=O) groups excluding carboxylic acids is 1. The molecule has 6 heteroatoms. The van der Waals surface area contributed by atoms with Crippen LogP contribution in [0.5, 0.6) is 0 Å². The number of nitrogens with one attached hydrogen (secondary N) is 1. The molecule has 1 saturated carbocycles. The first-order valence-corrected chi connectivity index (χ1v) is 6.74. The Labute approximate surface area is 113 Å². The van der Waals surface area contributed by atoms with Crippen molar-refractivity contribution >= 4 is 11.6 Å². The predicted octanol–water partition coefficient (Wildman–Crippen LogP) is 0.558. The van der Waals surface area contributed by atoms with Gasteiger partial charge in [0.15, 0.2) is 0 Å². The number of amides is 1. The van der Waals surface area contributed by atoms with Crippen LogP contribution in [0.15, 0.2) is 0 Å². The van der Waals surface area contributed by atoms with Gasteiger partial charge in [-0.15, -0.1) is 0 Å². The van der Waals surface area contributed by atoms with E-state index in [0.29, 0.717) is 6.54 Å². The molecule has 1 aliphatic rings. The van der Waals surface area contributed by atoms with Crippen LogP contribution in [0.3, 0.4) is 0 Å². The van der Waals surface area contributed by atoms with Crippen molar-refractivity contribution in [2.24, 2.45) is 11.7 Å². The summed E-state index contributed by atoms with van der Waals surface area (Å²) < 4.78 is 1.71. The average Bonchev–Trinajstić information content (AvgIpc) is 2.90. The molecule has 1 aliphatic carbocycles. The Balaban J connectivity index is 2.08. The Bertz CT molecular complexity index is 469. The lowest BCUT2D eigenvalue weighted by Crippen LogP contribution is -2.23. The van der Waals surface area contributed by atoms with Crippen molar-refractivity contribution < 1.29 is 9.90 Å². The Morgan fingerprint density at radius 2 is 2.26 bits per heavy atom. The van der Waals surface area contributed by atoms with E-state index < -0.39 is 0 Å². The monoisotopic (exact) mass is 266 g/mol. The number of aromatic nitrogens is 2. The molecule has 19 heavy (non-hydrogen) atoms. The summed E-state index contributed by atoms with van der Waals surface area (Å²) in [6, 6.07) is 0.148. The maximum absolute atomic E-state index is 12.2. The molecular weight excluding hydrogens is 244 g/mol. The standard InChI is InChI=1S/C13H22N4O2/c1-8-12(9(2)17(16-8)5-6-18)15-13(19)10-3-4-11(14)7-10/h10-11,18H,3-7,14H2,1-2H3,(H,15,19)/t10-,11+/m0/s1. The van der Waals surface area contributed by atoms with Gasteiger partial charge in [-0.1, -0.05) is 0 Å². The highest BCUT2D eigenvalue weighted by Gasteiger charge is 2.28. The lowest BCUT2D eigenvalue weighted by Gasteiger charge is -2.11. The Hall–Kier alpha value is -1.40. The van der Waals surface area contributed by atoms with Crippen LogP contribution in [-0.4, -0.2) is 33.4 Å². The summed E-state index contributed by atoms with van der Waals surface area (Å²) in [4.78, 5) is 12.2. The third-order valence-corrected chi connectivity index (χ3v) is 3.79. The first-order chi connectivity index (χ1) is 9.02. The topological polar surface area (TPSA) is 93.2 Å². The van der Waals surface area contributed by atoms with Gasteiger partial charge in [0.05, 0.1) is 30.2 Å². The minimum absolute atomic E-state index is 0.00925. The molecular formula is C13H22N4O2. The zero-order valence-corrected chi connectivity index (χ0v) is 11.5. The molecule has 0 bridgehead atoms. The second-order valence-electron chi connectivity index (χ2n) is 5.25. The maximum Gasteiger partial charge on any atom is 0.227 e. The molecule has 0 radical (unpaired) electrons. The number of carbonyl (C=O) groups is 1. The molecule has 0 aromatic carbocycles. The van der Waals surface area contributed by atoms with Gasteiger partial charge in [0.1, 0.15) is 0 Å². The lowest BCUT2D eigenvalue weighted by atomic mass is 10.1. The van der Waals surface area contributed by atoms with E-state index in [1.807, 2.05) is 13.8 Å². The summed E-state index contributed by atoms with van der Waals surface area (Å²) in [5, 5.41) is 16.2. The van der Waals surface area contributed by atoms with Gasteiger partial charge in [-0.2, -0.15) is 5.10 Å². The van der Waals surface area contributed by atoms with Gasteiger partial charge < -0.3 is 16.2 Å². The zero-order chi connectivity index (χ0) is 14.0. The molecule has 0 spiro atoms. The Morgan fingerprint density at radius 3 is 2.84 bits per heavy atom. The van der Waals surface area contributed by atoms with Crippen LogP contribution in [0.1, 0.15) is 30.7 Å². The maximum atomic E-state index is 12.2. The van der Waals surface area contributed by atoms with Crippen molar-refractivity contribution in [1.29, 1.82) is 0 Å². The third kappa shape index (κ3) is 2.96. The number of aryl methyl sites for hydroxylation is 1. The summed E-state index contributed by atoms with van der Waals surface area (Å²) in [6.07, 6.45) is 2.53. The highest BCUT2D eigenvalue weighted by atomic mass is 16.3. The van der Waals surface area contributed by atoms with E-state index >= 15 is 0 Å². The van der Waals surface area contributed by atoms with Crippen LogP contribution in [0, 0.1) is 19.8 Å². The van der Waals surface area contributed by atoms with Crippen LogP contribution in [-0.2, 0) is 11.3 Å². The molecule has 4 N–H and O–H groups in total. The normalized spacial score (nSPS) is 22.7. The van der Waals surface area contributed by atoms with E-state index in [-0.39, 0.29) is 24.5 Å². The van der Waals surface area contributed by atoms with E-state index in [0.717, 1.165) is 36.3 Å². The smallest absolute Gasteiger partial charge is 0.227 e. The molecule has 2 rings (SSSR count). The van der Waals surface area contributed by atoms with Gasteiger partial charge >= 0.3 is 0 Å². The van der Waals surface area contributed by atoms with E-state index in [1.54, 1.807) is 4.68 Å². The number of aliphatic hydroxyl groups is 1. The lowest BCUT2D eigenvalue weighted by molar-refractivity contribution is -0.119. The number of aliphatic hydroxyl groups excluding tert-OH is 1. The number of nitrogens with two attached hydrogens (primary N) is 1. The SMILES string of the molecule is Cc1nn(CCO)c(C)c1NC(=O)[C@H]1CC[C@@H](N)C1. The van der Waals surface area contributed by atoms with Gasteiger partial charge in [0.2, 0.25) is 5.91 Å². The van der Waals surface area contributed by atoms with E-state index in [9.17, 15) is 4.79 Å². The largest absolute Gasteiger partial charge is 0.394 e. The summed E-state index contributed by atoms with van der Waals surface area (Å²) in [5.74, 6) is 0.0395. The van der Waals surface area contributed by atoms with E-state index in [2.05, 4.69) is 10.4 Å². The van der Waals surface area contributed by atoms with Crippen molar-refractivity contribution in [3.63, 3.8) is 0 Å². The van der Waals surface area contributed by atoms with Crippen LogP contribution in [0.2, 0.25) is 0 Å². The molecule has 1 aromatic heterocycles. The fourth-order valence-electron chi connectivity index (χ4n) is 2.67. The highest BCUT2D eigenvalue weighted by Crippen LogP contribution is 2.27. The van der Waals surface area contributed by atoms with Crippen LogP contribution < -0.4 is 11.1 Å². The number of anilines is 1. The van der Waals surface area contributed by atoms with Crippen LogP contribution >= 0.6 is 0 Å². The fraction of sp³-hybridized carbons (Fsp3) is 0.692. The average molecular weight is 266 g/mol. The molecule has 106 valence electrons. The number of hydrogen-bond donors (Lipinski definition) is 3. The number of hydrogen-bond acceptors (Lipinski definition) is 4. The van der Waals surface area contributed by atoms with E-state index in [1.165, 1.54) is 0 Å². The first kappa shape index (κ1) is 14.0. The molecule has 2 atom stereocenters. The van der Waals surface area contributed by atoms with Gasteiger partial charge in [0, 0.05) is 12.0 Å².